The first-order chi connectivity index (χ1) is 21.1. The van der Waals surface area contributed by atoms with Crippen LogP contribution in [0.4, 0.5) is 11.4 Å². The van der Waals surface area contributed by atoms with Crippen molar-refractivity contribution in [2.24, 2.45) is 0 Å². The molecular weight excluding hydrogens is 615 g/mol. The molecule has 7 rings (SSSR count). The molecule has 1 unspecified atom stereocenters. The van der Waals surface area contributed by atoms with Crippen molar-refractivity contribution >= 4 is 91.5 Å². The number of amides is 2. The highest BCUT2D eigenvalue weighted by Crippen LogP contribution is 2.45. The van der Waals surface area contributed by atoms with Crippen LogP contribution in [-0.4, -0.2) is 52.8 Å². The van der Waals surface area contributed by atoms with Gasteiger partial charge in [-0.1, -0.05) is 54.6 Å². The molecule has 3 atom stereocenters. The van der Waals surface area contributed by atoms with Gasteiger partial charge >= 0.3 is 0 Å². The maximum atomic E-state index is 13.7. The quantitative estimate of drug-likeness (QED) is 0.180. The summed E-state index contributed by atoms with van der Waals surface area (Å²) in [6, 6.07) is 23.3. The number of alkyl halides is 2. The lowest BCUT2D eigenvalue weighted by Crippen LogP contribution is -2.32. The summed E-state index contributed by atoms with van der Waals surface area (Å²) in [5, 5.41) is 6.57. The molecule has 0 aliphatic carbocycles. The number of hydrogen-bond acceptors (Lipinski definition) is 4. The minimum absolute atomic E-state index is 0.0534. The molecule has 1 fully saturated rings. The van der Waals surface area contributed by atoms with Crippen LogP contribution in [0.5, 0.6) is 0 Å². The maximum Gasteiger partial charge on any atom is 0.227 e. The van der Waals surface area contributed by atoms with Gasteiger partial charge < -0.3 is 9.80 Å². The summed E-state index contributed by atoms with van der Waals surface area (Å²) in [5.74, 6) is 2.43. The molecule has 0 aromatic heterocycles. The minimum Gasteiger partial charge on any atom is -0.311 e. The number of fused-ring (bicyclic) bond motifs is 6. The van der Waals surface area contributed by atoms with Crippen LogP contribution >= 0.6 is 46.7 Å². The second kappa shape index (κ2) is 12.5. The van der Waals surface area contributed by atoms with Gasteiger partial charge in [-0.15, -0.1) is 46.7 Å². The standard InChI is InChI=1S/C35H34Cl2N2O2S2/c36-16-24-18-38(30-13-12-22-6-1-2-8-28(22)34(24)30)32(40)10-5-11-33(41)39-19-25(17-37)35-29-9-4-3-7-27(29)23(15-31(35)39)14-26-20-42-21-43-26/h1-4,6-9,12-13,15,24-26H,5,10-11,14,16-21H2/t24-,25-,26?/m1/s1. The van der Waals surface area contributed by atoms with Crippen molar-refractivity contribution in [2.45, 2.75) is 42.8 Å². The molecule has 0 spiro atoms. The van der Waals surface area contributed by atoms with Gasteiger partial charge in [-0.25, -0.2) is 0 Å². The van der Waals surface area contributed by atoms with Gasteiger partial charge in [0.1, 0.15) is 0 Å². The molecule has 0 radical (unpaired) electrons. The van der Waals surface area contributed by atoms with Gasteiger partial charge in [0.2, 0.25) is 11.8 Å². The van der Waals surface area contributed by atoms with Crippen molar-refractivity contribution < 1.29 is 9.59 Å². The molecule has 0 saturated carbocycles. The number of benzene rings is 4. The summed E-state index contributed by atoms with van der Waals surface area (Å²) in [4.78, 5) is 31.1. The van der Waals surface area contributed by atoms with E-state index in [0.29, 0.717) is 49.4 Å². The van der Waals surface area contributed by atoms with Crippen molar-refractivity contribution in [3.63, 3.8) is 0 Å². The van der Waals surface area contributed by atoms with Crippen molar-refractivity contribution in [2.75, 3.05) is 45.5 Å². The van der Waals surface area contributed by atoms with E-state index in [9.17, 15) is 9.59 Å². The van der Waals surface area contributed by atoms with Crippen LogP contribution in [0.2, 0.25) is 0 Å². The second-order valence-electron chi connectivity index (χ2n) is 11.8. The molecule has 0 N–H and O–H groups in total. The molecule has 4 aromatic rings. The Kier molecular flexibility index (Phi) is 8.56. The average molecular weight is 650 g/mol. The minimum atomic E-state index is 0.0534. The van der Waals surface area contributed by atoms with Crippen LogP contribution in [0, 0.1) is 0 Å². The Balaban J connectivity index is 1.08. The zero-order valence-corrected chi connectivity index (χ0v) is 27.1. The highest BCUT2D eigenvalue weighted by molar-refractivity contribution is 8.19. The molecule has 1 saturated heterocycles. The molecule has 8 heteroatoms. The van der Waals surface area contributed by atoms with Gasteiger partial charge in [-0.2, -0.15) is 0 Å². The largest absolute Gasteiger partial charge is 0.311 e. The highest BCUT2D eigenvalue weighted by Gasteiger charge is 2.36. The number of anilines is 2. The normalized spacial score (nSPS) is 21.1. The first kappa shape index (κ1) is 29.3. The topological polar surface area (TPSA) is 40.6 Å². The number of carbonyl (C=O) groups excluding carboxylic acids is 2. The van der Waals surface area contributed by atoms with Crippen LogP contribution in [0.25, 0.3) is 21.5 Å². The lowest BCUT2D eigenvalue weighted by Gasteiger charge is -2.21. The monoisotopic (exact) mass is 648 g/mol. The fraction of sp³-hybridized carbons (Fsp3) is 0.371. The molecule has 222 valence electrons. The van der Waals surface area contributed by atoms with E-state index in [0.717, 1.165) is 39.2 Å². The molecule has 4 nitrogen and oxygen atoms in total. The van der Waals surface area contributed by atoms with Crippen molar-refractivity contribution in [3.05, 3.63) is 83.4 Å². The second-order valence-corrected chi connectivity index (χ2v) is 15.1. The van der Waals surface area contributed by atoms with Gasteiger partial charge in [-0.3, -0.25) is 9.59 Å². The Bertz CT molecular complexity index is 1710. The molecule has 43 heavy (non-hydrogen) atoms. The fourth-order valence-electron chi connectivity index (χ4n) is 7.17. The fourth-order valence-corrected chi connectivity index (χ4v) is 10.6. The first-order valence-electron chi connectivity index (χ1n) is 15.1. The summed E-state index contributed by atoms with van der Waals surface area (Å²) in [6.45, 7) is 1.18. The van der Waals surface area contributed by atoms with Crippen molar-refractivity contribution in [1.82, 2.24) is 0 Å². The van der Waals surface area contributed by atoms with Crippen LogP contribution in [-0.2, 0) is 16.0 Å². The van der Waals surface area contributed by atoms with Gasteiger partial charge in [0, 0.05) is 77.0 Å². The summed E-state index contributed by atoms with van der Waals surface area (Å²) in [7, 11) is 0. The Labute approximate surface area is 271 Å². The van der Waals surface area contributed by atoms with E-state index in [-0.39, 0.29) is 23.7 Å². The average Bonchev–Trinajstić information content (AvgIpc) is 3.78. The molecule has 3 heterocycles. The predicted octanol–water partition coefficient (Wildman–Crippen LogP) is 8.55. The lowest BCUT2D eigenvalue weighted by atomic mass is 9.91. The van der Waals surface area contributed by atoms with E-state index >= 15 is 0 Å². The number of carbonyl (C=O) groups is 2. The highest BCUT2D eigenvalue weighted by atomic mass is 35.5. The van der Waals surface area contributed by atoms with E-state index in [1.54, 1.807) is 0 Å². The number of hydrogen-bond donors (Lipinski definition) is 0. The van der Waals surface area contributed by atoms with Gasteiger partial charge in [0.15, 0.2) is 0 Å². The number of rotatable bonds is 8. The van der Waals surface area contributed by atoms with Crippen molar-refractivity contribution in [3.8, 4) is 0 Å². The van der Waals surface area contributed by atoms with Crippen LogP contribution in [0.1, 0.15) is 47.8 Å². The van der Waals surface area contributed by atoms with E-state index < -0.39 is 0 Å². The van der Waals surface area contributed by atoms with Crippen molar-refractivity contribution in [1.29, 1.82) is 0 Å². The SMILES string of the molecule is O=C(CCCC(=O)N1C[C@@H](CCl)c2c1cc(CC1CSCS1)c1ccccc21)N1C[C@@H](CCl)c2c1ccc1ccccc21. The van der Waals surface area contributed by atoms with E-state index in [2.05, 4.69) is 48.5 Å². The van der Waals surface area contributed by atoms with Crippen LogP contribution in [0.3, 0.4) is 0 Å². The third-order valence-corrected chi connectivity index (χ3v) is 12.8. The lowest BCUT2D eigenvalue weighted by molar-refractivity contribution is -0.119. The predicted molar refractivity (Wildman–Crippen MR) is 186 cm³/mol. The van der Waals surface area contributed by atoms with Gasteiger partial charge in [0.25, 0.3) is 0 Å². The summed E-state index contributed by atoms with van der Waals surface area (Å²) < 4.78 is 0. The molecule has 3 aliphatic rings. The van der Waals surface area contributed by atoms with Crippen LogP contribution in [0.15, 0.2) is 66.7 Å². The Morgan fingerprint density at radius 3 is 2.07 bits per heavy atom. The van der Waals surface area contributed by atoms with E-state index in [4.69, 9.17) is 23.2 Å². The Hall–Kier alpha value is -2.38. The third-order valence-electron chi connectivity index (χ3n) is 9.20. The zero-order valence-electron chi connectivity index (χ0n) is 23.9. The Morgan fingerprint density at radius 2 is 1.40 bits per heavy atom. The Morgan fingerprint density at radius 1 is 0.767 bits per heavy atom. The third kappa shape index (κ3) is 5.43. The first-order valence-corrected chi connectivity index (χ1v) is 18.3. The van der Waals surface area contributed by atoms with Gasteiger partial charge in [-0.05, 0) is 63.2 Å². The molecule has 0 bridgehead atoms. The summed E-state index contributed by atoms with van der Waals surface area (Å²) in [6.07, 6.45) is 2.17. The van der Waals surface area contributed by atoms with Gasteiger partial charge in [0.05, 0.1) is 0 Å². The smallest absolute Gasteiger partial charge is 0.227 e. The number of halogens is 2. The number of nitrogens with zero attached hydrogens (tertiary/aromatic N) is 2. The summed E-state index contributed by atoms with van der Waals surface area (Å²) >= 11 is 16.9. The molecule has 3 aliphatic heterocycles. The van der Waals surface area contributed by atoms with E-state index in [1.807, 2.05) is 51.5 Å². The summed E-state index contributed by atoms with van der Waals surface area (Å²) in [5.41, 5.74) is 5.64. The van der Waals surface area contributed by atoms with E-state index in [1.165, 1.54) is 27.7 Å². The number of thioether (sulfide) groups is 2. The molecule has 4 aromatic carbocycles. The van der Waals surface area contributed by atoms with Crippen LogP contribution < -0.4 is 9.80 Å². The zero-order chi connectivity index (χ0) is 29.5. The molecule has 2 amide bonds. The molecular formula is C35H34Cl2N2O2S2. The maximum absolute atomic E-state index is 13.7.